The number of likely N-dealkylation sites (N-methyl/N-ethyl adjacent to an activating group) is 1. The van der Waals surface area contributed by atoms with Crippen molar-refractivity contribution < 1.29 is 47.5 Å². The maximum absolute atomic E-state index is 14.9. The highest BCUT2D eigenvalue weighted by Gasteiger charge is 2.62. The molecule has 0 amide bonds. The highest BCUT2D eigenvalue weighted by molar-refractivity contribution is 7.99. The summed E-state index contributed by atoms with van der Waals surface area (Å²) in [5, 5.41) is 14.3. The fourth-order valence-electron chi connectivity index (χ4n) is 10.5. The van der Waals surface area contributed by atoms with E-state index in [4.69, 9.17) is 37.9 Å². The molecule has 3 aromatic carbocycles. The largest absolute Gasteiger partial charge is 0.493 e. The third-order valence-corrected chi connectivity index (χ3v) is 14.3. The average molecular weight is 799 g/mol. The van der Waals surface area contributed by atoms with Gasteiger partial charge in [0.2, 0.25) is 6.79 Å². The van der Waals surface area contributed by atoms with E-state index in [1.165, 1.54) is 6.92 Å². The lowest BCUT2D eigenvalue weighted by Crippen LogP contribution is -2.69. The van der Waals surface area contributed by atoms with Gasteiger partial charge < -0.3 is 37.9 Å². The fourth-order valence-corrected chi connectivity index (χ4v) is 12.2. The first-order valence-electron chi connectivity index (χ1n) is 19.1. The zero-order chi connectivity index (χ0) is 40.1. The van der Waals surface area contributed by atoms with Crippen LogP contribution in [0.2, 0.25) is 0 Å². The Morgan fingerprint density at radius 3 is 2.39 bits per heavy atom. The molecule has 3 aromatic rings. The van der Waals surface area contributed by atoms with Gasteiger partial charge in [0.25, 0.3) is 0 Å². The molecular formula is C42H46N4O10S. The number of thioether (sulfide) groups is 1. The summed E-state index contributed by atoms with van der Waals surface area (Å²) in [7, 11) is 8.55. The molecule has 10 rings (SSSR count). The number of fused-ring (bicyclic) bond motifs is 9. The summed E-state index contributed by atoms with van der Waals surface area (Å²) in [6.45, 7) is 5.63. The van der Waals surface area contributed by atoms with Crippen LogP contribution in [0.4, 0.5) is 0 Å². The Balaban J connectivity index is 1.33. The van der Waals surface area contributed by atoms with Gasteiger partial charge in [-0.25, -0.2) is 4.79 Å². The van der Waals surface area contributed by atoms with E-state index >= 15 is 0 Å². The molecular weight excluding hydrogens is 753 g/mol. The molecule has 7 aliphatic rings. The zero-order valence-corrected chi connectivity index (χ0v) is 34.1. The van der Waals surface area contributed by atoms with Gasteiger partial charge in [-0.2, -0.15) is 5.26 Å². The Morgan fingerprint density at radius 2 is 1.68 bits per heavy atom. The minimum Gasteiger partial charge on any atom is -0.493 e. The quantitative estimate of drug-likeness (QED) is 0.283. The first-order valence-corrected chi connectivity index (χ1v) is 20.1. The molecule has 15 heteroatoms. The van der Waals surface area contributed by atoms with E-state index in [9.17, 15) is 14.9 Å². The Bertz CT molecular complexity index is 2260. The number of carbonyl (C=O) groups excluding carboxylic acids is 2. The van der Waals surface area contributed by atoms with Crippen molar-refractivity contribution in [2.45, 2.75) is 74.6 Å². The molecule has 0 radical (unpaired) electrons. The zero-order valence-electron chi connectivity index (χ0n) is 33.3. The number of aryl methyl sites for hydroxylation is 1. The van der Waals surface area contributed by atoms with Crippen LogP contribution in [0.25, 0.3) is 0 Å². The predicted molar refractivity (Wildman–Crippen MR) is 208 cm³/mol. The topological polar surface area (TPSA) is 150 Å². The van der Waals surface area contributed by atoms with Crippen molar-refractivity contribution in [3.05, 3.63) is 62.7 Å². The average Bonchev–Trinajstić information content (AvgIpc) is 3.70. The van der Waals surface area contributed by atoms with E-state index in [0.717, 1.165) is 33.4 Å². The fraction of sp³-hybridized carbons (Fsp3) is 0.500. The Labute approximate surface area is 335 Å². The number of nitrogens with zero attached hydrogens (tertiary/aromatic N) is 3. The lowest BCUT2D eigenvalue weighted by molar-refractivity contribution is -0.157. The second-order valence-electron chi connectivity index (χ2n) is 15.5. The lowest BCUT2D eigenvalue weighted by atomic mass is 9.71. The van der Waals surface area contributed by atoms with Crippen molar-refractivity contribution in [1.82, 2.24) is 15.1 Å². The van der Waals surface area contributed by atoms with E-state index in [0.29, 0.717) is 70.8 Å². The van der Waals surface area contributed by atoms with E-state index in [2.05, 4.69) is 34.3 Å². The summed E-state index contributed by atoms with van der Waals surface area (Å²) >= 11 is 1.57. The van der Waals surface area contributed by atoms with Crippen molar-refractivity contribution in [1.29, 1.82) is 5.26 Å². The molecule has 2 fully saturated rings. The number of methoxy groups -OCH3 is 4. The van der Waals surface area contributed by atoms with E-state index in [1.54, 1.807) is 40.2 Å². The molecule has 14 nitrogen and oxygen atoms in total. The maximum Gasteiger partial charge on any atom is 0.331 e. The van der Waals surface area contributed by atoms with Crippen LogP contribution in [0, 0.1) is 25.2 Å². The molecule has 1 spiro atoms. The van der Waals surface area contributed by atoms with Crippen LogP contribution in [0.1, 0.15) is 68.8 Å². The standard InChI is InChI=1S/C42H46N4O10S/c1-19-11-23-12-25-26(15-43)46-27-16-53-41(48)42(24-14-29(50-6)28(49-5)13-22(24)9-10-44-42)17-57-40(34(46)33(45(25)4)30(23)38(52-8)35(19)51-7)32-31(27)39-37(54-18-55-39)20(2)36(32)56-21(3)47/h11,13-14,25-27,33-34,40,44H,9-10,12,16-18H2,1-8H3/t25-,26+,27-,33-,34?,40-,42-/m1/s1. The van der Waals surface area contributed by atoms with Gasteiger partial charge in [-0.1, -0.05) is 6.07 Å². The number of carbonyl (C=O) groups is 2. The van der Waals surface area contributed by atoms with Crippen molar-refractivity contribution in [3.8, 4) is 46.3 Å². The van der Waals surface area contributed by atoms with Gasteiger partial charge in [-0.3, -0.25) is 19.9 Å². The molecule has 0 aliphatic carbocycles. The highest BCUT2D eigenvalue weighted by Crippen LogP contribution is 2.64. The molecule has 1 unspecified atom stereocenters. The SMILES string of the molecule is COc1cc2c(cc1OC)[C@@]1(CS[C@@H]3c4c(OC(C)=O)c(C)c5c(c4[C@@H](COC1=O)N1C3[C@H]3c4c(cc(C)c(OC)c4OC)C[C@H]([C@@H]1C#N)N3C)OCO5)NCC2. The van der Waals surface area contributed by atoms with Crippen LogP contribution >= 0.6 is 11.8 Å². The maximum atomic E-state index is 14.9. The highest BCUT2D eigenvalue weighted by atomic mass is 32.2. The minimum atomic E-state index is -1.28. The Morgan fingerprint density at radius 1 is 0.947 bits per heavy atom. The van der Waals surface area contributed by atoms with Gasteiger partial charge in [-0.05, 0) is 68.1 Å². The molecule has 7 heterocycles. The molecule has 57 heavy (non-hydrogen) atoms. The van der Waals surface area contributed by atoms with Crippen LogP contribution in [-0.2, 0) is 32.7 Å². The van der Waals surface area contributed by atoms with Gasteiger partial charge in [-0.15, -0.1) is 11.8 Å². The van der Waals surface area contributed by atoms with Crippen molar-refractivity contribution in [2.75, 3.05) is 61.2 Å². The molecule has 1 N–H and O–H groups in total. The first-order chi connectivity index (χ1) is 27.5. The number of rotatable bonds is 5. The number of hydrogen-bond donors (Lipinski definition) is 1. The molecule has 4 bridgehead atoms. The van der Waals surface area contributed by atoms with Crippen molar-refractivity contribution in [2.24, 2.45) is 0 Å². The molecule has 2 saturated heterocycles. The third-order valence-electron chi connectivity index (χ3n) is 12.8. The van der Waals surface area contributed by atoms with E-state index in [-0.39, 0.29) is 31.2 Å². The Hall–Kier alpha value is -4.88. The number of esters is 2. The number of nitrogens with one attached hydrogen (secondary N) is 1. The molecule has 300 valence electrons. The monoisotopic (exact) mass is 798 g/mol. The summed E-state index contributed by atoms with van der Waals surface area (Å²) in [5.74, 6) is 3.03. The smallest absolute Gasteiger partial charge is 0.331 e. The van der Waals surface area contributed by atoms with Crippen LogP contribution in [0.15, 0.2) is 18.2 Å². The molecule has 7 atom stereocenters. The summed E-state index contributed by atoms with van der Waals surface area (Å²) in [5.41, 5.74) is 5.51. The normalized spacial score (nSPS) is 28.2. The summed E-state index contributed by atoms with van der Waals surface area (Å²) < 4.78 is 48.7. The van der Waals surface area contributed by atoms with Gasteiger partial charge in [0.05, 0.1) is 51.8 Å². The summed E-state index contributed by atoms with van der Waals surface area (Å²) in [4.78, 5) is 32.5. The Kier molecular flexibility index (Phi) is 9.19. The first kappa shape index (κ1) is 37.7. The van der Waals surface area contributed by atoms with Crippen LogP contribution in [0.3, 0.4) is 0 Å². The lowest BCUT2D eigenvalue weighted by Gasteiger charge is -2.62. The summed E-state index contributed by atoms with van der Waals surface area (Å²) in [6, 6.07) is 6.35. The van der Waals surface area contributed by atoms with E-state index in [1.807, 2.05) is 26.0 Å². The second-order valence-corrected chi connectivity index (χ2v) is 16.6. The number of benzene rings is 3. The number of piperazine rings is 1. The van der Waals surface area contributed by atoms with Gasteiger partial charge in [0, 0.05) is 53.6 Å². The minimum absolute atomic E-state index is 0.0334. The second kappa shape index (κ2) is 13.9. The van der Waals surface area contributed by atoms with Gasteiger partial charge in [0.15, 0.2) is 40.0 Å². The molecule has 0 saturated carbocycles. The van der Waals surface area contributed by atoms with Crippen molar-refractivity contribution in [3.63, 3.8) is 0 Å². The molecule has 7 aliphatic heterocycles. The number of nitriles is 1. The summed E-state index contributed by atoms with van der Waals surface area (Å²) in [6.07, 6.45) is 1.25. The van der Waals surface area contributed by atoms with Gasteiger partial charge in [0.1, 0.15) is 18.4 Å². The van der Waals surface area contributed by atoms with Gasteiger partial charge >= 0.3 is 11.9 Å². The van der Waals surface area contributed by atoms with E-state index < -0.39 is 40.9 Å². The molecule has 0 aromatic heterocycles. The third kappa shape index (κ3) is 5.26. The number of hydrogen-bond acceptors (Lipinski definition) is 15. The van der Waals surface area contributed by atoms with Crippen LogP contribution in [-0.4, -0.2) is 101 Å². The van der Waals surface area contributed by atoms with Crippen molar-refractivity contribution >= 4 is 23.7 Å². The predicted octanol–water partition coefficient (Wildman–Crippen LogP) is 4.59. The van der Waals surface area contributed by atoms with Crippen LogP contribution in [0.5, 0.6) is 40.2 Å². The number of ether oxygens (including phenoxy) is 8. The van der Waals surface area contributed by atoms with Crippen LogP contribution < -0.4 is 38.5 Å².